The minimum absolute atomic E-state index is 0.151. The molecule has 0 fully saturated rings. The maximum Gasteiger partial charge on any atom is 0.250 e. The first-order valence-corrected chi connectivity index (χ1v) is 7.59. The highest BCUT2D eigenvalue weighted by Gasteiger charge is 2.07. The van der Waals surface area contributed by atoms with Crippen molar-refractivity contribution in [3.63, 3.8) is 0 Å². The zero-order valence-corrected chi connectivity index (χ0v) is 13.1. The molecule has 122 valence electrons. The topological polar surface area (TPSA) is 61.4 Å². The molecule has 0 saturated carbocycles. The Kier molecular flexibility index (Phi) is 6.11. The number of aryl methyl sites for hydroxylation is 1. The Labute approximate surface area is 135 Å². The first-order valence-electron chi connectivity index (χ1n) is 7.59. The molecule has 4 nitrogen and oxygen atoms in total. The summed E-state index contributed by atoms with van der Waals surface area (Å²) in [5.74, 6) is -0.622. The molecule has 1 atom stereocenters. The van der Waals surface area contributed by atoms with Crippen LogP contribution < -0.4 is 10.6 Å². The predicted molar refractivity (Wildman–Crippen MR) is 90.0 cm³/mol. The van der Waals surface area contributed by atoms with Crippen LogP contribution in [0.4, 0.5) is 15.8 Å². The molecule has 0 aliphatic heterocycles. The van der Waals surface area contributed by atoms with Crippen LogP contribution in [-0.2, 0) is 11.2 Å². The van der Waals surface area contributed by atoms with Gasteiger partial charge in [0.2, 0.25) is 5.91 Å². The second kappa shape index (κ2) is 8.29. The fourth-order valence-electron chi connectivity index (χ4n) is 2.32. The molecule has 2 aromatic rings. The van der Waals surface area contributed by atoms with Crippen LogP contribution >= 0.6 is 0 Å². The summed E-state index contributed by atoms with van der Waals surface area (Å²) >= 11 is 0. The molecular weight excluding hydrogens is 295 g/mol. The van der Waals surface area contributed by atoms with Crippen LogP contribution in [0.1, 0.15) is 18.9 Å². The van der Waals surface area contributed by atoms with E-state index in [1.54, 1.807) is 24.3 Å². The van der Waals surface area contributed by atoms with E-state index in [4.69, 9.17) is 5.11 Å². The zero-order chi connectivity index (χ0) is 16.7. The number of halogens is 1. The van der Waals surface area contributed by atoms with Gasteiger partial charge in [0, 0.05) is 17.4 Å². The molecule has 0 radical (unpaired) electrons. The number of aliphatic hydroxyl groups is 1. The van der Waals surface area contributed by atoms with Crippen LogP contribution in [0.15, 0.2) is 48.5 Å². The fraction of sp³-hybridized carbons (Fsp3) is 0.278. The van der Waals surface area contributed by atoms with Crippen molar-refractivity contribution in [3.8, 4) is 0 Å². The van der Waals surface area contributed by atoms with Gasteiger partial charge in [-0.3, -0.25) is 4.79 Å². The Balaban J connectivity index is 1.90. The minimum atomic E-state index is -0.545. The molecule has 0 saturated heterocycles. The van der Waals surface area contributed by atoms with Gasteiger partial charge in [0.15, 0.2) is 0 Å². The number of carbonyl (C=O) groups is 1. The van der Waals surface area contributed by atoms with Gasteiger partial charge in [-0.25, -0.2) is 4.39 Å². The van der Waals surface area contributed by atoms with Crippen LogP contribution in [0.25, 0.3) is 0 Å². The lowest BCUT2D eigenvalue weighted by Gasteiger charge is -2.16. The largest absolute Gasteiger partial charge is 0.387 e. The van der Waals surface area contributed by atoms with Gasteiger partial charge in [0.25, 0.3) is 0 Å². The van der Waals surface area contributed by atoms with Crippen LogP contribution in [-0.4, -0.2) is 23.7 Å². The summed E-state index contributed by atoms with van der Waals surface area (Å²) in [4.78, 5) is 11.2. The van der Waals surface area contributed by atoms with Crippen LogP contribution in [0.5, 0.6) is 0 Å². The molecular formula is C18H21FN2O2. The standard InChI is InChI=1S/C18H21FN2O2/c1-13(9-10-14-5-2-3-8-17(14)19)20-15-6-4-7-16(11-15)21-18(23)12-22/h2-8,11,13,20,22H,9-10,12H2,1H3,(H,21,23). The molecule has 0 aromatic heterocycles. The first-order chi connectivity index (χ1) is 11.1. The highest BCUT2D eigenvalue weighted by molar-refractivity contribution is 5.91. The lowest BCUT2D eigenvalue weighted by atomic mass is 10.1. The molecule has 0 heterocycles. The van der Waals surface area contributed by atoms with Gasteiger partial charge in [-0.2, -0.15) is 0 Å². The summed E-state index contributed by atoms with van der Waals surface area (Å²) in [5.41, 5.74) is 2.20. The maximum atomic E-state index is 13.6. The lowest BCUT2D eigenvalue weighted by molar-refractivity contribution is -0.118. The van der Waals surface area contributed by atoms with Crippen LogP contribution in [0.2, 0.25) is 0 Å². The van der Waals surface area contributed by atoms with Gasteiger partial charge >= 0.3 is 0 Å². The van der Waals surface area contributed by atoms with E-state index >= 15 is 0 Å². The van der Waals surface area contributed by atoms with Crippen molar-refractivity contribution in [2.45, 2.75) is 25.8 Å². The van der Waals surface area contributed by atoms with Crippen molar-refractivity contribution in [1.29, 1.82) is 0 Å². The van der Waals surface area contributed by atoms with E-state index < -0.39 is 12.5 Å². The quantitative estimate of drug-likeness (QED) is 0.735. The third kappa shape index (κ3) is 5.38. The maximum absolute atomic E-state index is 13.6. The van der Waals surface area contributed by atoms with Gasteiger partial charge in [-0.1, -0.05) is 24.3 Å². The van der Waals surface area contributed by atoms with Crippen molar-refractivity contribution >= 4 is 17.3 Å². The molecule has 0 spiro atoms. The van der Waals surface area contributed by atoms with Crippen molar-refractivity contribution in [3.05, 3.63) is 59.9 Å². The van der Waals surface area contributed by atoms with E-state index in [2.05, 4.69) is 10.6 Å². The monoisotopic (exact) mass is 316 g/mol. The highest BCUT2D eigenvalue weighted by Crippen LogP contribution is 2.18. The number of anilines is 2. The molecule has 23 heavy (non-hydrogen) atoms. The van der Waals surface area contributed by atoms with Gasteiger partial charge < -0.3 is 15.7 Å². The number of nitrogens with one attached hydrogen (secondary N) is 2. The summed E-state index contributed by atoms with van der Waals surface area (Å²) in [6.45, 7) is 1.48. The number of hydrogen-bond acceptors (Lipinski definition) is 3. The Morgan fingerprint density at radius 2 is 1.91 bits per heavy atom. The average molecular weight is 316 g/mol. The smallest absolute Gasteiger partial charge is 0.250 e. The molecule has 0 bridgehead atoms. The van der Waals surface area contributed by atoms with Crippen molar-refractivity contribution in [2.75, 3.05) is 17.2 Å². The first kappa shape index (κ1) is 17.0. The number of rotatable bonds is 7. The number of carbonyl (C=O) groups excluding carboxylic acids is 1. The second-order valence-corrected chi connectivity index (χ2v) is 5.46. The van der Waals surface area contributed by atoms with Gasteiger partial charge in [-0.05, 0) is 49.6 Å². The third-order valence-electron chi connectivity index (χ3n) is 3.51. The third-order valence-corrected chi connectivity index (χ3v) is 3.51. The minimum Gasteiger partial charge on any atom is -0.387 e. The molecule has 0 aliphatic rings. The Bertz CT molecular complexity index is 661. The van der Waals surface area contributed by atoms with E-state index in [0.29, 0.717) is 17.7 Å². The number of benzene rings is 2. The second-order valence-electron chi connectivity index (χ2n) is 5.46. The van der Waals surface area contributed by atoms with Crippen LogP contribution in [0.3, 0.4) is 0 Å². The van der Waals surface area contributed by atoms with Gasteiger partial charge in [0.05, 0.1) is 0 Å². The molecule has 2 rings (SSSR count). The summed E-state index contributed by atoms with van der Waals surface area (Å²) in [7, 11) is 0. The van der Waals surface area contributed by atoms with E-state index in [1.807, 2.05) is 25.1 Å². The highest BCUT2D eigenvalue weighted by atomic mass is 19.1. The molecule has 1 amide bonds. The Morgan fingerprint density at radius 1 is 1.17 bits per heavy atom. The molecule has 0 aliphatic carbocycles. The fourth-order valence-corrected chi connectivity index (χ4v) is 2.32. The average Bonchev–Trinajstić information content (AvgIpc) is 2.54. The van der Waals surface area contributed by atoms with E-state index in [1.165, 1.54) is 6.07 Å². The van der Waals surface area contributed by atoms with Crippen molar-refractivity contribution in [2.24, 2.45) is 0 Å². The predicted octanol–water partition coefficient (Wildman–Crippen LogP) is 3.19. The molecule has 5 heteroatoms. The van der Waals surface area contributed by atoms with Crippen LogP contribution in [0, 0.1) is 5.82 Å². The number of aliphatic hydroxyl groups excluding tert-OH is 1. The Morgan fingerprint density at radius 3 is 2.65 bits per heavy atom. The summed E-state index contributed by atoms with van der Waals surface area (Å²) in [6.07, 6.45) is 1.44. The summed E-state index contributed by atoms with van der Waals surface area (Å²) in [6, 6.07) is 14.2. The van der Waals surface area contributed by atoms with Gasteiger partial charge in [0.1, 0.15) is 12.4 Å². The van der Waals surface area contributed by atoms with Gasteiger partial charge in [-0.15, -0.1) is 0 Å². The summed E-state index contributed by atoms with van der Waals surface area (Å²) in [5, 5.41) is 14.7. The van der Waals surface area contributed by atoms with E-state index in [-0.39, 0.29) is 11.9 Å². The normalized spacial score (nSPS) is 11.8. The Hall–Kier alpha value is -2.40. The lowest BCUT2D eigenvalue weighted by Crippen LogP contribution is -2.17. The molecule has 1 unspecified atom stereocenters. The number of hydrogen-bond donors (Lipinski definition) is 3. The molecule has 3 N–H and O–H groups in total. The van der Waals surface area contributed by atoms with Crippen molar-refractivity contribution in [1.82, 2.24) is 0 Å². The summed E-state index contributed by atoms with van der Waals surface area (Å²) < 4.78 is 13.6. The number of amides is 1. The SMILES string of the molecule is CC(CCc1ccccc1F)Nc1cccc(NC(=O)CO)c1. The van der Waals surface area contributed by atoms with E-state index in [0.717, 1.165) is 12.1 Å². The van der Waals surface area contributed by atoms with Crippen molar-refractivity contribution < 1.29 is 14.3 Å². The molecule has 2 aromatic carbocycles. The zero-order valence-electron chi connectivity index (χ0n) is 13.1. The van der Waals surface area contributed by atoms with E-state index in [9.17, 15) is 9.18 Å².